The molecule has 1 amide bonds. The highest BCUT2D eigenvalue weighted by Gasteiger charge is 2.24. The third-order valence-corrected chi connectivity index (χ3v) is 5.01. The summed E-state index contributed by atoms with van der Waals surface area (Å²) in [5.74, 6) is 1.58. The fourth-order valence-corrected chi connectivity index (χ4v) is 3.67. The highest BCUT2D eigenvalue weighted by molar-refractivity contribution is 7.99. The third kappa shape index (κ3) is 4.17. The van der Waals surface area contributed by atoms with Gasteiger partial charge < -0.3 is 10.1 Å². The van der Waals surface area contributed by atoms with Crippen LogP contribution in [0.3, 0.4) is 0 Å². The first-order valence-electron chi connectivity index (χ1n) is 8.02. The first-order valence-corrected chi connectivity index (χ1v) is 9.01. The summed E-state index contributed by atoms with van der Waals surface area (Å²) in [6.07, 6.45) is 2.39. The molecule has 1 fully saturated rings. The summed E-state index contributed by atoms with van der Waals surface area (Å²) in [4.78, 5) is 16.0. The second-order valence-corrected chi connectivity index (χ2v) is 6.77. The number of nitrogens with zero attached hydrogens (tertiary/aromatic N) is 1. The van der Waals surface area contributed by atoms with Crippen LogP contribution in [-0.4, -0.2) is 49.3 Å². The average Bonchev–Trinajstić information content (AvgIpc) is 3.00. The maximum Gasteiger partial charge on any atom is 0.255 e. The molecule has 22 heavy (non-hydrogen) atoms. The molecule has 0 bridgehead atoms. The number of amides is 1. The molecule has 1 saturated heterocycles. The van der Waals surface area contributed by atoms with Gasteiger partial charge in [0, 0.05) is 17.5 Å². The van der Waals surface area contributed by atoms with Crippen LogP contribution >= 0.6 is 11.8 Å². The lowest BCUT2D eigenvalue weighted by Crippen LogP contribution is -2.40. The van der Waals surface area contributed by atoms with Gasteiger partial charge in [-0.2, -0.15) is 0 Å². The molecule has 4 nitrogen and oxygen atoms in total. The number of hydrogen-bond donors (Lipinski definition) is 1. The number of hydrogen-bond acceptors (Lipinski definition) is 4. The number of rotatable bonds is 7. The van der Waals surface area contributed by atoms with Gasteiger partial charge in [0.05, 0.1) is 12.7 Å². The van der Waals surface area contributed by atoms with Crippen LogP contribution in [0, 0.1) is 0 Å². The molecule has 1 aromatic carbocycles. The molecule has 122 valence electrons. The number of nitrogens with one attached hydrogen (secondary N) is 1. The minimum atomic E-state index is -0.0432. The van der Waals surface area contributed by atoms with Crippen LogP contribution in [-0.2, 0) is 0 Å². The van der Waals surface area contributed by atoms with Crippen LogP contribution in [0.4, 0.5) is 0 Å². The molecule has 5 heteroatoms. The molecule has 1 aliphatic rings. The van der Waals surface area contributed by atoms with Crippen molar-refractivity contribution >= 4 is 17.7 Å². The minimum absolute atomic E-state index is 0.0432. The lowest BCUT2D eigenvalue weighted by Gasteiger charge is -2.23. The largest absolute Gasteiger partial charge is 0.496 e. The quantitative estimate of drug-likeness (QED) is 0.784. The van der Waals surface area contributed by atoms with E-state index in [1.165, 1.54) is 6.42 Å². The van der Waals surface area contributed by atoms with E-state index in [9.17, 15) is 4.79 Å². The van der Waals surface area contributed by atoms with E-state index in [1.54, 1.807) is 18.9 Å². The van der Waals surface area contributed by atoms with Crippen molar-refractivity contribution in [3.05, 3.63) is 23.8 Å². The van der Waals surface area contributed by atoms with Crippen LogP contribution in [0.1, 0.15) is 37.0 Å². The lowest BCUT2D eigenvalue weighted by molar-refractivity contribution is 0.0938. The van der Waals surface area contributed by atoms with Crippen LogP contribution in [0.15, 0.2) is 23.1 Å². The van der Waals surface area contributed by atoms with Gasteiger partial charge in [0.15, 0.2) is 0 Å². The van der Waals surface area contributed by atoms with Crippen LogP contribution in [0.25, 0.3) is 0 Å². The van der Waals surface area contributed by atoms with E-state index in [1.807, 2.05) is 18.2 Å². The number of likely N-dealkylation sites (tertiary alicyclic amines) is 1. The average molecular weight is 322 g/mol. The first-order chi connectivity index (χ1) is 10.7. The Morgan fingerprint density at radius 3 is 2.95 bits per heavy atom. The van der Waals surface area contributed by atoms with Gasteiger partial charge in [0.2, 0.25) is 0 Å². The topological polar surface area (TPSA) is 41.6 Å². The van der Waals surface area contributed by atoms with E-state index in [0.717, 1.165) is 30.2 Å². The molecule has 2 rings (SSSR count). The van der Waals surface area contributed by atoms with E-state index in [0.29, 0.717) is 23.9 Å². The monoisotopic (exact) mass is 322 g/mol. The molecular formula is C17H26N2O2S. The number of methoxy groups -OCH3 is 1. The molecule has 0 spiro atoms. The molecule has 1 aromatic rings. The van der Waals surface area contributed by atoms with Gasteiger partial charge >= 0.3 is 0 Å². The fourth-order valence-electron chi connectivity index (χ4n) is 2.97. The van der Waals surface area contributed by atoms with Crippen molar-refractivity contribution < 1.29 is 9.53 Å². The van der Waals surface area contributed by atoms with Gasteiger partial charge in [-0.05, 0) is 49.9 Å². The number of likely N-dealkylation sites (N-methyl/N-ethyl adjacent to an activating group) is 1. The smallest absolute Gasteiger partial charge is 0.255 e. The summed E-state index contributed by atoms with van der Waals surface area (Å²) in [6.45, 7) is 7.18. The SMILES string of the molecule is CCSc1ccc(OC)c(C(=O)NC[C@H]2CCCN2CC)c1. The summed E-state index contributed by atoms with van der Waals surface area (Å²) in [5.41, 5.74) is 0.627. The highest BCUT2D eigenvalue weighted by Crippen LogP contribution is 2.26. The van der Waals surface area contributed by atoms with Crippen LogP contribution in [0.2, 0.25) is 0 Å². The molecule has 1 N–H and O–H groups in total. The Morgan fingerprint density at radius 1 is 1.45 bits per heavy atom. The van der Waals surface area contributed by atoms with Gasteiger partial charge in [-0.3, -0.25) is 9.69 Å². The molecule has 1 atom stereocenters. The first kappa shape index (κ1) is 17.2. The van der Waals surface area contributed by atoms with E-state index in [4.69, 9.17) is 4.74 Å². The van der Waals surface area contributed by atoms with E-state index < -0.39 is 0 Å². The zero-order valence-electron chi connectivity index (χ0n) is 13.7. The predicted molar refractivity (Wildman–Crippen MR) is 92.0 cm³/mol. The molecular weight excluding hydrogens is 296 g/mol. The normalized spacial score (nSPS) is 18.4. The Bertz CT molecular complexity index is 507. The number of thioether (sulfide) groups is 1. The number of carbonyl (C=O) groups is 1. The van der Waals surface area contributed by atoms with Crippen molar-refractivity contribution in [3.8, 4) is 5.75 Å². The van der Waals surface area contributed by atoms with Crippen molar-refractivity contribution in [2.45, 2.75) is 37.6 Å². The van der Waals surface area contributed by atoms with Crippen LogP contribution in [0.5, 0.6) is 5.75 Å². The molecule has 0 aliphatic carbocycles. The van der Waals surface area contributed by atoms with Gasteiger partial charge in [-0.1, -0.05) is 13.8 Å². The zero-order valence-corrected chi connectivity index (χ0v) is 14.5. The fraction of sp³-hybridized carbons (Fsp3) is 0.588. The van der Waals surface area contributed by atoms with E-state index in [2.05, 4.69) is 24.1 Å². The number of ether oxygens (including phenoxy) is 1. The van der Waals surface area contributed by atoms with Gasteiger partial charge in [-0.15, -0.1) is 11.8 Å². The maximum atomic E-state index is 12.5. The highest BCUT2D eigenvalue weighted by atomic mass is 32.2. The molecule has 0 unspecified atom stereocenters. The number of benzene rings is 1. The Hall–Kier alpha value is -1.20. The summed E-state index contributed by atoms with van der Waals surface area (Å²) in [6, 6.07) is 6.27. The van der Waals surface area contributed by atoms with Crippen molar-refractivity contribution in [1.29, 1.82) is 0 Å². The standard InChI is InChI=1S/C17H26N2O2S/c1-4-19-10-6-7-13(19)12-18-17(20)15-11-14(22-5-2)8-9-16(15)21-3/h8-9,11,13H,4-7,10,12H2,1-3H3,(H,18,20)/t13-/m1/s1. The predicted octanol–water partition coefficient (Wildman–Crippen LogP) is 3.02. The molecule has 1 heterocycles. The zero-order chi connectivity index (χ0) is 15.9. The van der Waals surface area contributed by atoms with Crippen molar-refractivity contribution in [2.24, 2.45) is 0 Å². The lowest BCUT2D eigenvalue weighted by atomic mass is 10.1. The molecule has 0 radical (unpaired) electrons. The summed E-state index contributed by atoms with van der Waals surface area (Å²) < 4.78 is 5.33. The summed E-state index contributed by atoms with van der Waals surface area (Å²) in [5, 5.41) is 3.08. The summed E-state index contributed by atoms with van der Waals surface area (Å²) >= 11 is 1.73. The second-order valence-electron chi connectivity index (χ2n) is 5.43. The Morgan fingerprint density at radius 2 is 2.27 bits per heavy atom. The second kappa shape index (κ2) is 8.44. The maximum absolute atomic E-state index is 12.5. The van der Waals surface area contributed by atoms with Crippen LogP contribution < -0.4 is 10.1 Å². The molecule has 1 aliphatic heterocycles. The van der Waals surface area contributed by atoms with Crippen molar-refractivity contribution in [3.63, 3.8) is 0 Å². The van der Waals surface area contributed by atoms with Gasteiger partial charge in [0.1, 0.15) is 5.75 Å². The van der Waals surface area contributed by atoms with E-state index >= 15 is 0 Å². The Balaban J connectivity index is 2.03. The minimum Gasteiger partial charge on any atom is -0.496 e. The van der Waals surface area contributed by atoms with E-state index in [-0.39, 0.29) is 5.91 Å². The third-order valence-electron chi connectivity index (χ3n) is 4.13. The Labute approximate surface area is 137 Å². The Kier molecular flexibility index (Phi) is 6.58. The van der Waals surface area contributed by atoms with Gasteiger partial charge in [0.25, 0.3) is 5.91 Å². The van der Waals surface area contributed by atoms with Crippen molar-refractivity contribution in [2.75, 3.05) is 32.5 Å². The van der Waals surface area contributed by atoms with Crippen molar-refractivity contribution in [1.82, 2.24) is 10.2 Å². The molecule has 0 aromatic heterocycles. The number of carbonyl (C=O) groups excluding carboxylic acids is 1. The summed E-state index contributed by atoms with van der Waals surface area (Å²) in [7, 11) is 1.61. The van der Waals surface area contributed by atoms with Gasteiger partial charge in [-0.25, -0.2) is 0 Å². The molecule has 0 saturated carbocycles.